The summed E-state index contributed by atoms with van der Waals surface area (Å²) in [4.78, 5) is 12.2. The highest BCUT2D eigenvalue weighted by molar-refractivity contribution is 5.85. The first-order chi connectivity index (χ1) is 9.51. The Bertz CT molecular complexity index is 478. The number of nitrogens with zero attached hydrogens (tertiary/aromatic N) is 2. The summed E-state index contributed by atoms with van der Waals surface area (Å²) in [6.45, 7) is 2.47. The lowest BCUT2D eigenvalue weighted by Gasteiger charge is -2.32. The second-order valence-corrected chi connectivity index (χ2v) is 5.58. The Morgan fingerprint density at radius 3 is 2.81 bits per heavy atom. The van der Waals surface area contributed by atoms with Gasteiger partial charge in [0.25, 0.3) is 0 Å². The van der Waals surface area contributed by atoms with Crippen molar-refractivity contribution >= 4 is 18.3 Å². The summed E-state index contributed by atoms with van der Waals surface area (Å²) in [5, 5.41) is 7.25. The molecule has 1 aromatic heterocycles. The normalized spacial score (nSPS) is 25.2. The lowest BCUT2D eigenvalue weighted by molar-refractivity contribution is -0.127. The lowest BCUT2D eigenvalue weighted by Crippen LogP contribution is -2.45. The van der Waals surface area contributed by atoms with Gasteiger partial charge in [-0.25, -0.2) is 0 Å². The number of nitrogens with two attached hydrogens (primary N) is 1. The van der Waals surface area contributed by atoms with E-state index in [1.165, 1.54) is 0 Å². The van der Waals surface area contributed by atoms with E-state index in [-0.39, 0.29) is 36.4 Å². The molecule has 1 saturated carbocycles. The van der Waals surface area contributed by atoms with Crippen molar-refractivity contribution in [2.75, 3.05) is 7.11 Å². The Labute approximate surface area is 131 Å². The van der Waals surface area contributed by atoms with Crippen LogP contribution in [-0.4, -0.2) is 34.9 Å². The highest BCUT2D eigenvalue weighted by atomic mass is 35.5. The Hall–Kier alpha value is -1.11. The van der Waals surface area contributed by atoms with E-state index in [1.807, 2.05) is 20.2 Å². The zero-order valence-corrected chi connectivity index (χ0v) is 13.7. The molecular weight excluding hydrogens is 292 g/mol. The number of aryl methyl sites for hydroxylation is 2. The number of hydrogen-bond acceptors (Lipinski definition) is 4. The summed E-state index contributed by atoms with van der Waals surface area (Å²) in [5.74, 6) is 0.0756. The van der Waals surface area contributed by atoms with E-state index in [4.69, 9.17) is 10.5 Å². The molecule has 6 nitrogen and oxygen atoms in total. The molecule has 1 aromatic rings. The van der Waals surface area contributed by atoms with Crippen molar-refractivity contribution in [2.45, 2.75) is 44.9 Å². The minimum absolute atomic E-state index is 0. The van der Waals surface area contributed by atoms with Crippen molar-refractivity contribution < 1.29 is 9.53 Å². The SMILES string of the molecule is CO[C@@H]1CC[C@H](C(=O)NCc2cn(C)nc2C)C[C@H]1N.Cl. The average Bonchev–Trinajstić information content (AvgIpc) is 2.74. The van der Waals surface area contributed by atoms with Gasteiger partial charge in [-0.2, -0.15) is 5.10 Å². The molecule has 21 heavy (non-hydrogen) atoms. The van der Waals surface area contributed by atoms with Crippen molar-refractivity contribution in [1.29, 1.82) is 0 Å². The zero-order chi connectivity index (χ0) is 14.7. The number of rotatable bonds is 4. The minimum Gasteiger partial charge on any atom is -0.380 e. The largest absolute Gasteiger partial charge is 0.380 e. The van der Waals surface area contributed by atoms with Gasteiger partial charge in [0.2, 0.25) is 5.91 Å². The van der Waals surface area contributed by atoms with Gasteiger partial charge < -0.3 is 15.8 Å². The van der Waals surface area contributed by atoms with Crippen LogP contribution in [0.25, 0.3) is 0 Å². The quantitative estimate of drug-likeness (QED) is 0.865. The molecule has 120 valence electrons. The van der Waals surface area contributed by atoms with Gasteiger partial charge in [0, 0.05) is 44.4 Å². The molecular formula is C14H25ClN4O2. The number of aromatic nitrogens is 2. The fourth-order valence-electron chi connectivity index (χ4n) is 2.86. The third-order valence-corrected chi connectivity index (χ3v) is 4.08. The first-order valence-electron chi connectivity index (χ1n) is 7.06. The number of amides is 1. The van der Waals surface area contributed by atoms with Gasteiger partial charge in [-0.1, -0.05) is 0 Å². The Morgan fingerprint density at radius 2 is 2.29 bits per heavy atom. The summed E-state index contributed by atoms with van der Waals surface area (Å²) in [7, 11) is 3.56. The third kappa shape index (κ3) is 4.43. The van der Waals surface area contributed by atoms with E-state index in [9.17, 15) is 4.79 Å². The van der Waals surface area contributed by atoms with E-state index in [1.54, 1.807) is 11.8 Å². The molecule has 7 heteroatoms. The summed E-state index contributed by atoms with van der Waals surface area (Å²) >= 11 is 0. The number of carbonyl (C=O) groups excluding carboxylic acids is 1. The molecule has 2 rings (SSSR count). The monoisotopic (exact) mass is 316 g/mol. The Balaban J connectivity index is 0.00000220. The second-order valence-electron chi connectivity index (χ2n) is 5.58. The molecule has 1 heterocycles. The maximum absolute atomic E-state index is 12.2. The molecule has 0 unspecified atom stereocenters. The highest BCUT2D eigenvalue weighted by Gasteiger charge is 2.31. The van der Waals surface area contributed by atoms with Crippen LogP contribution in [0.3, 0.4) is 0 Å². The third-order valence-electron chi connectivity index (χ3n) is 4.08. The van der Waals surface area contributed by atoms with Crippen LogP contribution in [0.2, 0.25) is 0 Å². The number of hydrogen-bond donors (Lipinski definition) is 2. The first kappa shape index (κ1) is 17.9. The summed E-state index contributed by atoms with van der Waals surface area (Å²) in [6, 6.07) is -0.0513. The van der Waals surface area contributed by atoms with Crippen LogP contribution >= 0.6 is 12.4 Å². The van der Waals surface area contributed by atoms with Gasteiger partial charge in [-0.05, 0) is 26.2 Å². The highest BCUT2D eigenvalue weighted by Crippen LogP contribution is 2.25. The van der Waals surface area contributed by atoms with Gasteiger partial charge in [0.05, 0.1) is 11.8 Å². The smallest absolute Gasteiger partial charge is 0.223 e. The Morgan fingerprint density at radius 1 is 1.57 bits per heavy atom. The molecule has 0 aliphatic heterocycles. The van der Waals surface area contributed by atoms with Crippen LogP contribution in [0.15, 0.2) is 6.20 Å². The number of ether oxygens (including phenoxy) is 1. The van der Waals surface area contributed by atoms with Crippen LogP contribution in [-0.2, 0) is 23.1 Å². The van der Waals surface area contributed by atoms with Crippen molar-refractivity contribution in [3.8, 4) is 0 Å². The predicted octanol–water partition coefficient (Wildman–Crippen LogP) is 0.909. The number of nitrogens with one attached hydrogen (secondary N) is 1. The van der Waals surface area contributed by atoms with Crippen molar-refractivity contribution in [1.82, 2.24) is 15.1 Å². The van der Waals surface area contributed by atoms with E-state index < -0.39 is 0 Å². The van der Waals surface area contributed by atoms with E-state index >= 15 is 0 Å². The molecule has 1 amide bonds. The summed E-state index contributed by atoms with van der Waals surface area (Å²) < 4.78 is 7.07. The first-order valence-corrected chi connectivity index (χ1v) is 7.06. The molecule has 0 spiro atoms. The van der Waals surface area contributed by atoms with Crippen LogP contribution in [0.4, 0.5) is 0 Å². The molecule has 0 bridgehead atoms. The summed E-state index contributed by atoms with van der Waals surface area (Å²) in [5.41, 5.74) is 8.04. The molecule has 0 aromatic carbocycles. The molecule has 0 radical (unpaired) electrons. The molecule has 1 aliphatic rings. The topological polar surface area (TPSA) is 82.2 Å². The van der Waals surface area contributed by atoms with Crippen LogP contribution in [0, 0.1) is 12.8 Å². The van der Waals surface area contributed by atoms with Gasteiger partial charge >= 0.3 is 0 Å². The lowest BCUT2D eigenvalue weighted by atomic mass is 9.83. The van der Waals surface area contributed by atoms with Gasteiger partial charge in [-0.3, -0.25) is 9.48 Å². The molecule has 3 N–H and O–H groups in total. The molecule has 1 fully saturated rings. The molecule has 1 aliphatic carbocycles. The van der Waals surface area contributed by atoms with E-state index in [0.29, 0.717) is 13.0 Å². The van der Waals surface area contributed by atoms with Gasteiger partial charge in [0.1, 0.15) is 0 Å². The fourth-order valence-corrected chi connectivity index (χ4v) is 2.86. The second kappa shape index (κ2) is 7.77. The minimum atomic E-state index is -0.0513. The van der Waals surface area contributed by atoms with Gasteiger partial charge in [-0.15, -0.1) is 12.4 Å². The average molecular weight is 317 g/mol. The Kier molecular flexibility index (Phi) is 6.64. The molecule has 0 saturated heterocycles. The standard InChI is InChI=1S/C14H24N4O2.ClH/c1-9-11(8-18(2)17-9)7-16-14(19)10-4-5-13(20-3)12(15)6-10;/h8,10,12-13H,4-7,15H2,1-3H3,(H,16,19);1H/t10-,12+,13+;/m0./s1. The molecule has 3 atom stereocenters. The van der Waals surface area contributed by atoms with Crippen molar-refractivity contribution in [2.24, 2.45) is 18.7 Å². The number of carbonyl (C=O) groups is 1. The van der Waals surface area contributed by atoms with Gasteiger partial charge in [0.15, 0.2) is 0 Å². The van der Waals surface area contributed by atoms with Crippen molar-refractivity contribution in [3.63, 3.8) is 0 Å². The maximum atomic E-state index is 12.2. The van der Waals surface area contributed by atoms with E-state index in [2.05, 4.69) is 10.4 Å². The number of halogens is 1. The maximum Gasteiger partial charge on any atom is 0.223 e. The van der Waals surface area contributed by atoms with Crippen molar-refractivity contribution in [3.05, 3.63) is 17.5 Å². The van der Waals surface area contributed by atoms with Crippen LogP contribution < -0.4 is 11.1 Å². The van der Waals surface area contributed by atoms with Crippen LogP contribution in [0.1, 0.15) is 30.5 Å². The zero-order valence-electron chi connectivity index (χ0n) is 12.8. The fraction of sp³-hybridized carbons (Fsp3) is 0.714. The summed E-state index contributed by atoms with van der Waals surface area (Å²) in [6.07, 6.45) is 4.39. The predicted molar refractivity (Wildman–Crippen MR) is 83.2 cm³/mol. The van der Waals surface area contributed by atoms with Crippen LogP contribution in [0.5, 0.6) is 0 Å². The number of methoxy groups -OCH3 is 1. The van der Waals surface area contributed by atoms with E-state index in [0.717, 1.165) is 24.1 Å².